The molecule has 0 radical (unpaired) electrons. The van der Waals surface area contributed by atoms with Crippen molar-refractivity contribution < 1.29 is 14.3 Å². The summed E-state index contributed by atoms with van der Waals surface area (Å²) in [6.07, 6.45) is 3.72. The second kappa shape index (κ2) is 7.68. The number of methoxy groups -OCH3 is 1. The molecule has 1 aliphatic heterocycles. The Hall–Kier alpha value is -2.75. The van der Waals surface area contributed by atoms with Crippen molar-refractivity contribution in [3.8, 4) is 5.75 Å². The maximum absolute atomic E-state index is 12.9. The van der Waals surface area contributed by atoms with Crippen LogP contribution in [0.4, 0.5) is 5.69 Å². The lowest BCUT2D eigenvalue weighted by Gasteiger charge is -2.25. The van der Waals surface area contributed by atoms with Crippen LogP contribution in [0.1, 0.15) is 18.4 Å². The van der Waals surface area contributed by atoms with Gasteiger partial charge in [0, 0.05) is 5.69 Å². The molecule has 1 amide bonds. The summed E-state index contributed by atoms with van der Waals surface area (Å²) in [5.74, 6) is 1.14. The molecule has 0 spiro atoms. The zero-order valence-corrected chi connectivity index (χ0v) is 13.8. The fourth-order valence-corrected chi connectivity index (χ4v) is 2.64. The van der Waals surface area contributed by atoms with E-state index in [0.717, 1.165) is 29.8 Å². The van der Waals surface area contributed by atoms with Crippen LogP contribution in [0.25, 0.3) is 0 Å². The molecule has 124 valence electrons. The molecule has 0 aromatic heterocycles. The van der Waals surface area contributed by atoms with Crippen LogP contribution in [0.15, 0.2) is 66.4 Å². The summed E-state index contributed by atoms with van der Waals surface area (Å²) in [5.41, 5.74) is 1.89. The Bertz CT molecular complexity index is 707. The molecule has 4 heteroatoms. The first kappa shape index (κ1) is 16.1. The van der Waals surface area contributed by atoms with E-state index in [1.54, 1.807) is 12.0 Å². The lowest BCUT2D eigenvalue weighted by atomic mass is 10.1. The number of carbonyl (C=O) groups is 1. The summed E-state index contributed by atoms with van der Waals surface area (Å²) < 4.78 is 10.8. The van der Waals surface area contributed by atoms with Gasteiger partial charge in [-0.15, -0.1) is 0 Å². The fraction of sp³-hybridized carbons (Fsp3) is 0.250. The zero-order chi connectivity index (χ0) is 16.8. The van der Waals surface area contributed by atoms with Gasteiger partial charge in [0.05, 0.1) is 20.3 Å². The molecule has 0 unspecified atom stereocenters. The van der Waals surface area contributed by atoms with Crippen molar-refractivity contribution in [1.29, 1.82) is 0 Å². The highest BCUT2D eigenvalue weighted by atomic mass is 16.5. The largest absolute Gasteiger partial charge is 0.497 e. The van der Waals surface area contributed by atoms with Crippen molar-refractivity contribution in [2.75, 3.05) is 18.6 Å². The summed E-state index contributed by atoms with van der Waals surface area (Å²) in [4.78, 5) is 14.7. The van der Waals surface area contributed by atoms with Gasteiger partial charge in [-0.05, 0) is 48.7 Å². The van der Waals surface area contributed by atoms with Crippen molar-refractivity contribution in [2.45, 2.75) is 19.4 Å². The summed E-state index contributed by atoms with van der Waals surface area (Å²) in [6.45, 7) is 1.08. The predicted octanol–water partition coefficient (Wildman–Crippen LogP) is 3.92. The van der Waals surface area contributed by atoms with Gasteiger partial charge >= 0.3 is 0 Å². The molecule has 1 heterocycles. The first-order chi connectivity index (χ1) is 11.8. The van der Waals surface area contributed by atoms with Gasteiger partial charge in [0.15, 0.2) is 5.76 Å². The second-order valence-electron chi connectivity index (χ2n) is 5.63. The Morgan fingerprint density at radius 2 is 1.88 bits per heavy atom. The van der Waals surface area contributed by atoms with Crippen molar-refractivity contribution in [3.05, 3.63) is 72.0 Å². The molecule has 0 aliphatic carbocycles. The number of amides is 1. The number of benzene rings is 2. The van der Waals surface area contributed by atoms with E-state index in [-0.39, 0.29) is 5.91 Å². The van der Waals surface area contributed by atoms with Crippen molar-refractivity contribution in [3.63, 3.8) is 0 Å². The number of carbonyl (C=O) groups excluding carboxylic acids is 1. The molecule has 3 rings (SSSR count). The third-order valence-corrected chi connectivity index (χ3v) is 3.96. The Balaban J connectivity index is 1.86. The molecule has 1 aliphatic rings. The molecular weight excluding hydrogens is 302 g/mol. The fourth-order valence-electron chi connectivity index (χ4n) is 2.64. The van der Waals surface area contributed by atoms with Gasteiger partial charge in [0.25, 0.3) is 5.91 Å². The van der Waals surface area contributed by atoms with Crippen molar-refractivity contribution in [1.82, 2.24) is 0 Å². The van der Waals surface area contributed by atoms with Gasteiger partial charge in [0.2, 0.25) is 0 Å². The lowest BCUT2D eigenvalue weighted by Crippen LogP contribution is -2.33. The second-order valence-corrected chi connectivity index (χ2v) is 5.63. The van der Waals surface area contributed by atoms with Crippen LogP contribution in [0.2, 0.25) is 0 Å². The van der Waals surface area contributed by atoms with Crippen LogP contribution in [-0.2, 0) is 16.1 Å². The van der Waals surface area contributed by atoms with E-state index in [0.29, 0.717) is 18.9 Å². The maximum atomic E-state index is 12.9. The SMILES string of the molecule is COc1ccc(CN(C(=O)C2=CCCCO2)c2ccccc2)cc1. The monoisotopic (exact) mass is 323 g/mol. The molecule has 0 saturated heterocycles. The van der Waals surface area contributed by atoms with Gasteiger partial charge in [-0.2, -0.15) is 0 Å². The van der Waals surface area contributed by atoms with Gasteiger partial charge in [-0.25, -0.2) is 0 Å². The van der Waals surface area contributed by atoms with Crippen molar-refractivity contribution in [2.24, 2.45) is 0 Å². The molecule has 0 fully saturated rings. The van der Waals surface area contributed by atoms with Crippen molar-refractivity contribution >= 4 is 11.6 Å². The van der Waals surface area contributed by atoms with Crippen LogP contribution in [0, 0.1) is 0 Å². The Kier molecular flexibility index (Phi) is 5.16. The summed E-state index contributed by atoms with van der Waals surface area (Å²) in [6, 6.07) is 17.4. The Morgan fingerprint density at radius 3 is 2.50 bits per heavy atom. The number of allylic oxidation sites excluding steroid dienone is 1. The quantitative estimate of drug-likeness (QED) is 0.837. The molecule has 0 bridgehead atoms. The van der Waals surface area contributed by atoms with Gasteiger partial charge < -0.3 is 14.4 Å². The number of anilines is 1. The van der Waals surface area contributed by atoms with Gasteiger partial charge in [-0.1, -0.05) is 30.3 Å². The molecule has 0 N–H and O–H groups in total. The topological polar surface area (TPSA) is 38.8 Å². The summed E-state index contributed by atoms with van der Waals surface area (Å²) >= 11 is 0. The Labute approximate surface area is 142 Å². The average Bonchev–Trinajstić information content (AvgIpc) is 2.67. The predicted molar refractivity (Wildman–Crippen MR) is 93.9 cm³/mol. The minimum absolute atomic E-state index is 0.100. The van der Waals surface area contributed by atoms with E-state index in [1.165, 1.54) is 0 Å². The van der Waals surface area contributed by atoms with E-state index in [2.05, 4.69) is 0 Å². The van der Waals surface area contributed by atoms with E-state index in [1.807, 2.05) is 60.7 Å². The third kappa shape index (κ3) is 3.77. The van der Waals surface area contributed by atoms with Gasteiger partial charge in [-0.3, -0.25) is 4.79 Å². The minimum atomic E-state index is -0.100. The molecule has 2 aromatic carbocycles. The zero-order valence-electron chi connectivity index (χ0n) is 13.8. The molecule has 0 atom stereocenters. The first-order valence-electron chi connectivity index (χ1n) is 8.11. The van der Waals surface area contributed by atoms with Crippen LogP contribution in [0.3, 0.4) is 0 Å². The minimum Gasteiger partial charge on any atom is -0.497 e. The number of nitrogens with zero attached hydrogens (tertiary/aromatic N) is 1. The van der Waals surface area contributed by atoms with Crippen LogP contribution in [0.5, 0.6) is 5.75 Å². The highest BCUT2D eigenvalue weighted by Gasteiger charge is 2.22. The molecule has 24 heavy (non-hydrogen) atoms. The maximum Gasteiger partial charge on any atom is 0.293 e. The average molecular weight is 323 g/mol. The van der Waals surface area contributed by atoms with Crippen LogP contribution >= 0.6 is 0 Å². The molecule has 0 saturated carbocycles. The number of hydrogen-bond donors (Lipinski definition) is 0. The highest BCUT2D eigenvalue weighted by Crippen LogP contribution is 2.22. The molecular formula is C20H21NO3. The number of hydrogen-bond acceptors (Lipinski definition) is 3. The van der Waals surface area contributed by atoms with E-state index < -0.39 is 0 Å². The smallest absolute Gasteiger partial charge is 0.293 e. The summed E-state index contributed by atoms with van der Waals surface area (Å²) in [5, 5.41) is 0. The standard InChI is InChI=1S/C20H21NO3/c1-23-18-12-10-16(11-13-18)15-21(17-7-3-2-4-8-17)20(22)19-9-5-6-14-24-19/h2-4,7-13H,5-6,14-15H2,1H3. The number of ether oxygens (including phenoxy) is 2. The van der Waals surface area contributed by atoms with Crippen LogP contribution < -0.4 is 9.64 Å². The van der Waals surface area contributed by atoms with Crippen LogP contribution in [-0.4, -0.2) is 19.6 Å². The lowest BCUT2D eigenvalue weighted by molar-refractivity contribution is -0.118. The normalized spacial score (nSPS) is 13.6. The molecule has 4 nitrogen and oxygen atoms in total. The summed E-state index contributed by atoms with van der Waals surface area (Å²) in [7, 11) is 1.64. The number of para-hydroxylation sites is 1. The van der Waals surface area contributed by atoms with E-state index >= 15 is 0 Å². The number of rotatable bonds is 5. The van der Waals surface area contributed by atoms with E-state index in [4.69, 9.17) is 9.47 Å². The first-order valence-corrected chi connectivity index (χ1v) is 8.11. The third-order valence-electron chi connectivity index (χ3n) is 3.96. The van der Waals surface area contributed by atoms with E-state index in [9.17, 15) is 4.79 Å². The Morgan fingerprint density at radius 1 is 1.12 bits per heavy atom. The highest BCUT2D eigenvalue weighted by molar-refractivity contribution is 6.04. The molecule has 2 aromatic rings. The van der Waals surface area contributed by atoms with Gasteiger partial charge in [0.1, 0.15) is 5.75 Å².